The van der Waals surface area contributed by atoms with Crippen molar-refractivity contribution in [3.8, 4) is 0 Å². The number of hydrogen-bond acceptors (Lipinski definition) is 3. The Balaban J connectivity index is 1.96. The number of piperidine rings is 1. The second-order valence-electron chi connectivity index (χ2n) is 5.59. The monoisotopic (exact) mass is 303 g/mol. The SMILES string of the molecule is CCN(CC)C(=O)c1ccc(NC(=O)[C@@H]2CCCNC2)cc1. The Kier molecular flexibility index (Phi) is 5.95. The lowest BCUT2D eigenvalue weighted by atomic mass is 9.99. The van der Waals surface area contributed by atoms with E-state index in [2.05, 4.69) is 10.6 Å². The summed E-state index contributed by atoms with van der Waals surface area (Å²) in [6.45, 7) is 7.06. The van der Waals surface area contributed by atoms with Crippen LogP contribution in [0.4, 0.5) is 5.69 Å². The van der Waals surface area contributed by atoms with E-state index in [9.17, 15) is 9.59 Å². The molecule has 1 aromatic carbocycles. The molecule has 1 aliphatic heterocycles. The molecule has 5 heteroatoms. The molecule has 1 saturated heterocycles. The summed E-state index contributed by atoms with van der Waals surface area (Å²) < 4.78 is 0. The first-order valence-electron chi connectivity index (χ1n) is 8.06. The summed E-state index contributed by atoms with van der Waals surface area (Å²) in [5, 5.41) is 6.17. The van der Waals surface area contributed by atoms with Crippen molar-refractivity contribution in [2.75, 3.05) is 31.5 Å². The summed E-state index contributed by atoms with van der Waals surface area (Å²) in [5.74, 6) is 0.111. The van der Waals surface area contributed by atoms with Crippen molar-refractivity contribution in [3.63, 3.8) is 0 Å². The zero-order chi connectivity index (χ0) is 15.9. The van der Waals surface area contributed by atoms with Crippen LogP contribution in [0.25, 0.3) is 0 Å². The van der Waals surface area contributed by atoms with Gasteiger partial charge in [0.1, 0.15) is 0 Å². The number of nitrogens with one attached hydrogen (secondary N) is 2. The molecule has 2 N–H and O–H groups in total. The van der Waals surface area contributed by atoms with Gasteiger partial charge in [-0.2, -0.15) is 0 Å². The first-order valence-corrected chi connectivity index (χ1v) is 8.06. The number of rotatable bonds is 5. The average Bonchev–Trinajstić information content (AvgIpc) is 2.57. The first-order chi connectivity index (χ1) is 10.7. The molecule has 1 aliphatic rings. The van der Waals surface area contributed by atoms with Gasteiger partial charge in [0.05, 0.1) is 5.92 Å². The number of benzene rings is 1. The summed E-state index contributed by atoms with van der Waals surface area (Å²) in [6, 6.07) is 7.14. The third-order valence-corrected chi connectivity index (χ3v) is 4.12. The Morgan fingerprint density at radius 1 is 1.23 bits per heavy atom. The minimum Gasteiger partial charge on any atom is -0.339 e. The van der Waals surface area contributed by atoms with E-state index in [4.69, 9.17) is 0 Å². The molecule has 5 nitrogen and oxygen atoms in total. The van der Waals surface area contributed by atoms with Gasteiger partial charge in [-0.1, -0.05) is 0 Å². The van der Waals surface area contributed by atoms with Gasteiger partial charge in [-0.15, -0.1) is 0 Å². The highest BCUT2D eigenvalue weighted by Gasteiger charge is 2.21. The van der Waals surface area contributed by atoms with Crippen molar-refractivity contribution in [3.05, 3.63) is 29.8 Å². The van der Waals surface area contributed by atoms with E-state index in [-0.39, 0.29) is 17.7 Å². The molecule has 1 aromatic rings. The molecule has 22 heavy (non-hydrogen) atoms. The Labute approximate surface area is 132 Å². The molecule has 0 unspecified atom stereocenters. The fourth-order valence-corrected chi connectivity index (χ4v) is 2.71. The zero-order valence-electron chi connectivity index (χ0n) is 13.4. The van der Waals surface area contributed by atoms with Crippen LogP contribution in [0.1, 0.15) is 37.0 Å². The largest absolute Gasteiger partial charge is 0.339 e. The number of nitrogens with zero attached hydrogens (tertiary/aromatic N) is 1. The molecule has 0 radical (unpaired) electrons. The predicted octanol–water partition coefficient (Wildman–Crippen LogP) is 2.11. The van der Waals surface area contributed by atoms with Gasteiger partial charge in [-0.05, 0) is 57.5 Å². The minimum absolute atomic E-state index is 0.0272. The van der Waals surface area contributed by atoms with Crippen LogP contribution >= 0.6 is 0 Å². The van der Waals surface area contributed by atoms with Gasteiger partial charge in [0.2, 0.25) is 5.91 Å². The van der Waals surface area contributed by atoms with Gasteiger partial charge < -0.3 is 15.5 Å². The summed E-state index contributed by atoms with van der Waals surface area (Å²) >= 11 is 0. The van der Waals surface area contributed by atoms with Gasteiger partial charge in [-0.3, -0.25) is 9.59 Å². The number of amides is 2. The van der Waals surface area contributed by atoms with Crippen LogP contribution in [0.5, 0.6) is 0 Å². The maximum atomic E-state index is 12.2. The standard InChI is InChI=1S/C17H25N3O2/c1-3-20(4-2)17(22)13-7-9-15(10-8-13)19-16(21)14-6-5-11-18-12-14/h7-10,14,18H,3-6,11-12H2,1-2H3,(H,19,21)/t14-/m1/s1. The molecule has 0 bridgehead atoms. The molecule has 120 valence electrons. The topological polar surface area (TPSA) is 61.4 Å². The quantitative estimate of drug-likeness (QED) is 0.876. The lowest BCUT2D eigenvalue weighted by Crippen LogP contribution is -2.37. The molecule has 0 spiro atoms. The van der Waals surface area contributed by atoms with E-state index in [1.807, 2.05) is 13.8 Å². The number of hydrogen-bond donors (Lipinski definition) is 2. The molecular weight excluding hydrogens is 278 g/mol. The van der Waals surface area contributed by atoms with E-state index >= 15 is 0 Å². The Morgan fingerprint density at radius 3 is 2.45 bits per heavy atom. The van der Waals surface area contributed by atoms with E-state index in [0.717, 1.165) is 31.6 Å². The highest BCUT2D eigenvalue weighted by Crippen LogP contribution is 2.16. The Bertz CT molecular complexity index is 503. The summed E-state index contributed by atoms with van der Waals surface area (Å²) in [5.41, 5.74) is 1.40. The van der Waals surface area contributed by atoms with Gasteiger partial charge in [0.15, 0.2) is 0 Å². The molecule has 1 heterocycles. The second kappa shape index (κ2) is 7.94. The average molecular weight is 303 g/mol. The van der Waals surface area contributed by atoms with Crippen molar-refractivity contribution in [2.45, 2.75) is 26.7 Å². The predicted molar refractivity (Wildman–Crippen MR) is 87.9 cm³/mol. The van der Waals surface area contributed by atoms with Crippen LogP contribution in [0.3, 0.4) is 0 Å². The number of carbonyl (C=O) groups excluding carboxylic acids is 2. The smallest absolute Gasteiger partial charge is 0.253 e. The van der Waals surface area contributed by atoms with Crippen LogP contribution in [0.2, 0.25) is 0 Å². The second-order valence-corrected chi connectivity index (χ2v) is 5.59. The molecule has 2 amide bonds. The normalized spacial score (nSPS) is 17.8. The van der Waals surface area contributed by atoms with Crippen molar-refractivity contribution in [1.82, 2.24) is 10.2 Å². The molecule has 0 aliphatic carbocycles. The summed E-state index contributed by atoms with van der Waals surface area (Å²) in [4.78, 5) is 26.2. The van der Waals surface area contributed by atoms with E-state index in [1.54, 1.807) is 29.2 Å². The van der Waals surface area contributed by atoms with Crippen molar-refractivity contribution >= 4 is 17.5 Å². The maximum Gasteiger partial charge on any atom is 0.253 e. The highest BCUT2D eigenvalue weighted by molar-refractivity contribution is 5.96. The van der Waals surface area contributed by atoms with Crippen LogP contribution < -0.4 is 10.6 Å². The van der Waals surface area contributed by atoms with Gasteiger partial charge >= 0.3 is 0 Å². The molecule has 0 saturated carbocycles. The zero-order valence-corrected chi connectivity index (χ0v) is 13.4. The van der Waals surface area contributed by atoms with E-state index in [1.165, 1.54) is 0 Å². The van der Waals surface area contributed by atoms with Gasteiger partial charge in [0, 0.05) is 30.9 Å². The van der Waals surface area contributed by atoms with Crippen LogP contribution in [0, 0.1) is 5.92 Å². The molecule has 1 fully saturated rings. The van der Waals surface area contributed by atoms with Gasteiger partial charge in [0.25, 0.3) is 5.91 Å². The van der Waals surface area contributed by atoms with Crippen molar-refractivity contribution in [1.29, 1.82) is 0 Å². The van der Waals surface area contributed by atoms with Crippen LogP contribution in [-0.2, 0) is 4.79 Å². The van der Waals surface area contributed by atoms with Crippen molar-refractivity contribution in [2.24, 2.45) is 5.92 Å². The summed E-state index contributed by atoms with van der Waals surface area (Å²) in [7, 11) is 0. The minimum atomic E-state index is 0.0272. The maximum absolute atomic E-state index is 12.2. The van der Waals surface area contributed by atoms with E-state index in [0.29, 0.717) is 18.7 Å². The van der Waals surface area contributed by atoms with E-state index < -0.39 is 0 Å². The lowest BCUT2D eigenvalue weighted by Gasteiger charge is -2.22. The summed E-state index contributed by atoms with van der Waals surface area (Å²) in [6.07, 6.45) is 1.97. The number of carbonyl (C=O) groups is 2. The third kappa shape index (κ3) is 4.07. The Morgan fingerprint density at radius 2 is 1.91 bits per heavy atom. The number of anilines is 1. The van der Waals surface area contributed by atoms with Gasteiger partial charge in [-0.25, -0.2) is 0 Å². The third-order valence-electron chi connectivity index (χ3n) is 4.12. The molecule has 2 rings (SSSR count). The lowest BCUT2D eigenvalue weighted by molar-refractivity contribution is -0.120. The van der Waals surface area contributed by atoms with Crippen LogP contribution in [0.15, 0.2) is 24.3 Å². The highest BCUT2D eigenvalue weighted by atomic mass is 16.2. The fourth-order valence-electron chi connectivity index (χ4n) is 2.71. The molecule has 0 aromatic heterocycles. The van der Waals surface area contributed by atoms with Crippen molar-refractivity contribution < 1.29 is 9.59 Å². The Hall–Kier alpha value is -1.88. The fraction of sp³-hybridized carbons (Fsp3) is 0.529. The molecular formula is C17H25N3O2. The first kappa shape index (κ1) is 16.5. The van der Waals surface area contributed by atoms with Crippen LogP contribution in [-0.4, -0.2) is 42.9 Å². The molecule has 1 atom stereocenters.